The maximum Gasteiger partial charge on any atom is 0.311 e. The summed E-state index contributed by atoms with van der Waals surface area (Å²) in [5.41, 5.74) is 1.45. The van der Waals surface area contributed by atoms with Gasteiger partial charge in [0.2, 0.25) is 0 Å². The van der Waals surface area contributed by atoms with Crippen molar-refractivity contribution in [3.63, 3.8) is 0 Å². The van der Waals surface area contributed by atoms with E-state index in [0.29, 0.717) is 10.7 Å². The number of thiophene rings is 1. The van der Waals surface area contributed by atoms with E-state index in [2.05, 4.69) is 5.32 Å². The minimum absolute atomic E-state index is 0.165. The zero-order valence-corrected chi connectivity index (χ0v) is 12.9. The highest BCUT2D eigenvalue weighted by molar-refractivity contribution is 7.07. The molecule has 2 rings (SSSR count). The molecule has 0 radical (unpaired) electrons. The summed E-state index contributed by atoms with van der Waals surface area (Å²) < 4.78 is 5.11. The van der Waals surface area contributed by atoms with E-state index in [0.717, 1.165) is 5.56 Å². The first-order valence-corrected chi connectivity index (χ1v) is 7.63. The largest absolute Gasteiger partial charge is 0.452 e. The summed E-state index contributed by atoms with van der Waals surface area (Å²) in [7, 11) is 0. The predicted molar refractivity (Wildman–Crippen MR) is 83.7 cm³/mol. The molecule has 21 heavy (non-hydrogen) atoms. The fraction of sp³-hybridized carbons (Fsp3) is 0.200. The Kier molecular flexibility index (Phi) is 5.36. The van der Waals surface area contributed by atoms with Gasteiger partial charge in [-0.25, -0.2) is 0 Å². The molecule has 1 amide bonds. The van der Waals surface area contributed by atoms with Gasteiger partial charge in [-0.3, -0.25) is 9.59 Å². The van der Waals surface area contributed by atoms with E-state index >= 15 is 0 Å². The number of benzene rings is 1. The van der Waals surface area contributed by atoms with E-state index in [1.54, 1.807) is 24.3 Å². The van der Waals surface area contributed by atoms with Crippen LogP contribution in [0.5, 0.6) is 0 Å². The molecule has 0 fully saturated rings. The van der Waals surface area contributed by atoms with Gasteiger partial charge in [-0.1, -0.05) is 17.7 Å². The van der Waals surface area contributed by atoms with Crippen molar-refractivity contribution in [1.29, 1.82) is 0 Å². The molecule has 0 bridgehead atoms. The highest BCUT2D eigenvalue weighted by Gasteiger charge is 2.18. The summed E-state index contributed by atoms with van der Waals surface area (Å²) in [5, 5.41) is 6.93. The summed E-state index contributed by atoms with van der Waals surface area (Å²) >= 11 is 7.35. The average Bonchev–Trinajstić information content (AvgIpc) is 2.91. The Morgan fingerprint density at radius 3 is 2.86 bits per heavy atom. The molecule has 4 nitrogen and oxygen atoms in total. The molecule has 1 aromatic carbocycles. The molecule has 1 atom stereocenters. The van der Waals surface area contributed by atoms with Gasteiger partial charge in [0.15, 0.2) is 6.10 Å². The zero-order chi connectivity index (χ0) is 15.2. The van der Waals surface area contributed by atoms with Gasteiger partial charge >= 0.3 is 5.97 Å². The minimum atomic E-state index is -0.866. The Labute approximate surface area is 131 Å². The topological polar surface area (TPSA) is 55.4 Å². The molecule has 0 aliphatic rings. The van der Waals surface area contributed by atoms with Crippen LogP contribution in [0, 0.1) is 0 Å². The number of halogens is 1. The van der Waals surface area contributed by atoms with Crippen molar-refractivity contribution in [2.24, 2.45) is 0 Å². The highest BCUT2D eigenvalue weighted by Crippen LogP contribution is 2.15. The monoisotopic (exact) mass is 323 g/mol. The molecule has 0 spiro atoms. The summed E-state index contributed by atoms with van der Waals surface area (Å²) in [6.45, 7) is 1.53. The number of ether oxygens (including phenoxy) is 1. The second kappa shape index (κ2) is 7.24. The standard InChI is InChI=1S/C15H14ClNO3S/c1-10(20-14(18)7-11-5-6-21-9-11)15(19)17-13-4-2-3-12(16)8-13/h2-6,8-10H,7H2,1H3,(H,17,19)/t10-/m1/s1. The van der Waals surface area contributed by atoms with Gasteiger partial charge in [0.05, 0.1) is 6.42 Å². The number of hydrogen-bond acceptors (Lipinski definition) is 4. The number of rotatable bonds is 5. The van der Waals surface area contributed by atoms with Crippen molar-refractivity contribution in [2.75, 3.05) is 5.32 Å². The van der Waals surface area contributed by atoms with Crippen LogP contribution in [-0.2, 0) is 20.7 Å². The van der Waals surface area contributed by atoms with Crippen molar-refractivity contribution >= 4 is 40.5 Å². The predicted octanol–water partition coefficient (Wildman–Crippen LogP) is 3.51. The molecule has 0 aliphatic heterocycles. The molecule has 1 N–H and O–H groups in total. The SMILES string of the molecule is C[C@@H](OC(=O)Cc1ccsc1)C(=O)Nc1cccc(Cl)c1. The first kappa shape index (κ1) is 15.5. The lowest BCUT2D eigenvalue weighted by molar-refractivity contribution is -0.152. The molecule has 0 saturated heterocycles. The van der Waals surface area contributed by atoms with Gasteiger partial charge in [0.25, 0.3) is 5.91 Å². The van der Waals surface area contributed by atoms with Crippen molar-refractivity contribution in [3.8, 4) is 0 Å². The number of carbonyl (C=O) groups excluding carboxylic acids is 2. The lowest BCUT2D eigenvalue weighted by atomic mass is 10.2. The average molecular weight is 324 g/mol. The number of carbonyl (C=O) groups is 2. The lowest BCUT2D eigenvalue weighted by Crippen LogP contribution is -2.30. The van der Waals surface area contributed by atoms with Crippen molar-refractivity contribution in [1.82, 2.24) is 0 Å². The molecule has 2 aromatic rings. The smallest absolute Gasteiger partial charge is 0.311 e. The summed E-state index contributed by atoms with van der Waals surface area (Å²) in [4.78, 5) is 23.6. The van der Waals surface area contributed by atoms with E-state index in [-0.39, 0.29) is 6.42 Å². The highest BCUT2D eigenvalue weighted by atomic mass is 35.5. The van der Waals surface area contributed by atoms with Crippen LogP contribution in [0.25, 0.3) is 0 Å². The van der Waals surface area contributed by atoms with Crippen LogP contribution in [0.3, 0.4) is 0 Å². The normalized spacial score (nSPS) is 11.7. The van der Waals surface area contributed by atoms with E-state index in [1.807, 2.05) is 16.8 Å². The van der Waals surface area contributed by atoms with Crippen LogP contribution in [0.2, 0.25) is 5.02 Å². The Bertz CT molecular complexity index is 628. The number of hydrogen-bond donors (Lipinski definition) is 1. The van der Waals surface area contributed by atoms with Gasteiger partial charge < -0.3 is 10.1 Å². The molecule has 0 unspecified atom stereocenters. The number of esters is 1. The number of nitrogens with one attached hydrogen (secondary N) is 1. The van der Waals surface area contributed by atoms with Crippen LogP contribution in [0.4, 0.5) is 5.69 Å². The Morgan fingerprint density at radius 1 is 1.38 bits per heavy atom. The van der Waals surface area contributed by atoms with Crippen LogP contribution in [-0.4, -0.2) is 18.0 Å². The first-order valence-electron chi connectivity index (χ1n) is 6.31. The van der Waals surface area contributed by atoms with Gasteiger partial charge in [-0.05, 0) is 47.5 Å². The second-order valence-electron chi connectivity index (χ2n) is 4.44. The number of amides is 1. The Morgan fingerprint density at radius 2 is 2.19 bits per heavy atom. The molecule has 0 aliphatic carbocycles. The third-order valence-corrected chi connectivity index (χ3v) is 3.67. The molecule has 0 saturated carbocycles. The fourth-order valence-corrected chi connectivity index (χ4v) is 2.52. The van der Waals surface area contributed by atoms with Crippen molar-refractivity contribution in [3.05, 3.63) is 51.7 Å². The lowest BCUT2D eigenvalue weighted by Gasteiger charge is -2.13. The zero-order valence-electron chi connectivity index (χ0n) is 11.3. The van der Waals surface area contributed by atoms with Gasteiger partial charge in [-0.2, -0.15) is 11.3 Å². The summed E-state index contributed by atoms with van der Waals surface area (Å²) in [6, 6.07) is 8.62. The molecule has 1 heterocycles. The van der Waals surface area contributed by atoms with E-state index in [9.17, 15) is 9.59 Å². The molecular weight excluding hydrogens is 310 g/mol. The molecule has 6 heteroatoms. The van der Waals surface area contributed by atoms with E-state index in [1.165, 1.54) is 18.3 Å². The first-order chi connectivity index (χ1) is 10.0. The van der Waals surface area contributed by atoms with Crippen molar-refractivity contribution < 1.29 is 14.3 Å². The quantitative estimate of drug-likeness (QED) is 0.857. The Balaban J connectivity index is 1.86. The van der Waals surface area contributed by atoms with Crippen LogP contribution in [0.1, 0.15) is 12.5 Å². The third-order valence-electron chi connectivity index (χ3n) is 2.70. The third kappa shape index (κ3) is 4.88. The van der Waals surface area contributed by atoms with Crippen LogP contribution < -0.4 is 5.32 Å². The number of anilines is 1. The second-order valence-corrected chi connectivity index (χ2v) is 5.66. The van der Waals surface area contributed by atoms with Crippen molar-refractivity contribution in [2.45, 2.75) is 19.4 Å². The fourth-order valence-electron chi connectivity index (χ4n) is 1.66. The Hall–Kier alpha value is -1.85. The van der Waals surface area contributed by atoms with E-state index in [4.69, 9.17) is 16.3 Å². The maximum absolute atomic E-state index is 11.9. The molecule has 110 valence electrons. The molecular formula is C15H14ClNO3S. The van der Waals surface area contributed by atoms with Crippen LogP contribution >= 0.6 is 22.9 Å². The van der Waals surface area contributed by atoms with E-state index < -0.39 is 18.0 Å². The minimum Gasteiger partial charge on any atom is -0.452 e. The van der Waals surface area contributed by atoms with Crippen LogP contribution in [0.15, 0.2) is 41.1 Å². The summed E-state index contributed by atoms with van der Waals surface area (Å²) in [5.74, 6) is -0.821. The van der Waals surface area contributed by atoms with Gasteiger partial charge in [-0.15, -0.1) is 0 Å². The summed E-state index contributed by atoms with van der Waals surface area (Å²) in [6.07, 6.45) is -0.701. The maximum atomic E-state index is 11.9. The van der Waals surface area contributed by atoms with Gasteiger partial charge in [0.1, 0.15) is 0 Å². The molecule has 1 aromatic heterocycles. The van der Waals surface area contributed by atoms with Gasteiger partial charge in [0, 0.05) is 10.7 Å².